The number of ether oxygens (including phenoxy) is 2. The predicted octanol–water partition coefficient (Wildman–Crippen LogP) is 3.62. The summed E-state index contributed by atoms with van der Waals surface area (Å²) in [7, 11) is -3.54. The molecular formula is C26H37NO7S. The van der Waals surface area contributed by atoms with E-state index in [0.717, 1.165) is 0 Å². The average molecular weight is 508 g/mol. The third-order valence-corrected chi connectivity index (χ3v) is 8.96. The zero-order chi connectivity index (χ0) is 26.0. The van der Waals surface area contributed by atoms with Gasteiger partial charge in [-0.15, -0.1) is 0 Å². The molecule has 0 radical (unpaired) electrons. The lowest BCUT2D eigenvalue weighted by Gasteiger charge is -2.36. The van der Waals surface area contributed by atoms with Crippen molar-refractivity contribution in [1.29, 1.82) is 0 Å². The molecule has 8 nitrogen and oxygen atoms in total. The first-order valence-electron chi connectivity index (χ1n) is 12.4. The van der Waals surface area contributed by atoms with Crippen LogP contribution in [0.4, 0.5) is 0 Å². The number of aliphatic hydroxyl groups is 1. The number of ketones is 2. The van der Waals surface area contributed by atoms with Gasteiger partial charge in [-0.25, -0.2) is 8.42 Å². The van der Waals surface area contributed by atoms with Crippen molar-refractivity contribution in [2.75, 3.05) is 38.6 Å². The predicted molar refractivity (Wildman–Crippen MR) is 133 cm³/mol. The third kappa shape index (κ3) is 5.23. The minimum Gasteiger partial charge on any atom is -0.506 e. The fourth-order valence-electron chi connectivity index (χ4n) is 5.12. The van der Waals surface area contributed by atoms with Crippen molar-refractivity contribution in [3.05, 3.63) is 33.9 Å². The first-order valence-corrected chi connectivity index (χ1v) is 14.1. The SMILES string of the molecule is CCN(CC)CC.Cc1cc(C(O)=C2C(=O)CCCC2=O)c(C)c2c1S(=O)(=O)CCC21OCCO1. The van der Waals surface area contributed by atoms with Crippen LogP contribution in [-0.4, -0.2) is 68.6 Å². The van der Waals surface area contributed by atoms with Gasteiger partial charge in [-0.05, 0) is 57.1 Å². The first-order chi connectivity index (χ1) is 16.5. The van der Waals surface area contributed by atoms with E-state index in [0.29, 0.717) is 36.3 Å². The summed E-state index contributed by atoms with van der Waals surface area (Å²) in [6, 6.07) is 1.52. The lowest BCUT2D eigenvalue weighted by atomic mass is 9.86. The molecule has 1 aliphatic carbocycles. The van der Waals surface area contributed by atoms with Gasteiger partial charge < -0.3 is 19.5 Å². The molecule has 0 amide bonds. The molecule has 0 unspecified atom stereocenters. The molecule has 0 bridgehead atoms. The zero-order valence-electron chi connectivity index (χ0n) is 21.4. The minimum absolute atomic E-state index is 0.0936. The van der Waals surface area contributed by atoms with Crippen molar-refractivity contribution >= 4 is 27.2 Å². The van der Waals surface area contributed by atoms with E-state index < -0.39 is 21.4 Å². The van der Waals surface area contributed by atoms with Gasteiger partial charge >= 0.3 is 0 Å². The van der Waals surface area contributed by atoms with Gasteiger partial charge in [0.1, 0.15) is 11.3 Å². The molecular weight excluding hydrogens is 470 g/mol. The molecule has 1 saturated carbocycles. The molecule has 2 fully saturated rings. The lowest BCUT2D eigenvalue weighted by molar-refractivity contribution is -0.170. The van der Waals surface area contributed by atoms with Crippen LogP contribution in [0, 0.1) is 13.8 Å². The number of carbonyl (C=O) groups excluding carboxylic acids is 2. The number of nitrogens with zero attached hydrogens (tertiary/aromatic N) is 1. The van der Waals surface area contributed by atoms with Crippen LogP contribution < -0.4 is 0 Å². The maximum absolute atomic E-state index is 12.8. The number of sulfone groups is 1. The first kappa shape index (κ1) is 27.5. The van der Waals surface area contributed by atoms with E-state index in [1.165, 1.54) is 25.7 Å². The quantitative estimate of drug-likeness (QED) is 0.374. The van der Waals surface area contributed by atoms with Crippen LogP contribution in [0.25, 0.3) is 5.76 Å². The Balaban J connectivity index is 0.000000429. The molecule has 3 aliphatic rings. The normalized spacial score (nSPS) is 20.6. The summed E-state index contributed by atoms with van der Waals surface area (Å²) >= 11 is 0. The van der Waals surface area contributed by atoms with Crippen LogP contribution in [0.2, 0.25) is 0 Å². The maximum Gasteiger partial charge on any atom is 0.197 e. The highest BCUT2D eigenvalue weighted by atomic mass is 32.2. The molecule has 2 heterocycles. The third-order valence-electron chi connectivity index (χ3n) is 7.07. The molecule has 0 atom stereocenters. The Kier molecular flexibility index (Phi) is 8.57. The Labute approximate surface area is 208 Å². The van der Waals surface area contributed by atoms with Gasteiger partial charge in [-0.3, -0.25) is 9.59 Å². The fraction of sp³-hybridized carbons (Fsp3) is 0.615. The van der Waals surface area contributed by atoms with Gasteiger partial charge in [0.15, 0.2) is 27.2 Å². The summed E-state index contributed by atoms with van der Waals surface area (Å²) in [5.41, 5.74) is 1.31. The number of aryl methyl sites for hydroxylation is 1. The number of hydrogen-bond donors (Lipinski definition) is 1. The Morgan fingerprint density at radius 3 is 2.06 bits per heavy atom. The molecule has 1 aromatic rings. The molecule has 1 N–H and O–H groups in total. The molecule has 1 spiro atoms. The van der Waals surface area contributed by atoms with Crippen LogP contribution in [0.3, 0.4) is 0 Å². The topological polar surface area (TPSA) is 110 Å². The van der Waals surface area contributed by atoms with Gasteiger partial charge in [-0.1, -0.05) is 20.8 Å². The van der Waals surface area contributed by atoms with Crippen LogP contribution in [0.1, 0.15) is 68.7 Å². The number of aliphatic hydroxyl groups excluding tert-OH is 1. The van der Waals surface area contributed by atoms with Crippen LogP contribution in [0.5, 0.6) is 0 Å². The maximum atomic E-state index is 12.8. The number of hydrogen-bond acceptors (Lipinski definition) is 8. The highest BCUT2D eigenvalue weighted by Crippen LogP contribution is 2.47. The Bertz CT molecular complexity index is 1100. The molecule has 9 heteroatoms. The molecule has 4 rings (SSSR count). The van der Waals surface area contributed by atoms with Gasteiger partial charge in [0.25, 0.3) is 0 Å². The van der Waals surface area contributed by atoms with E-state index in [4.69, 9.17) is 9.47 Å². The lowest BCUT2D eigenvalue weighted by Crippen LogP contribution is -2.38. The Morgan fingerprint density at radius 1 is 1.03 bits per heavy atom. The summed E-state index contributed by atoms with van der Waals surface area (Å²) in [5, 5.41) is 10.9. The molecule has 1 aromatic carbocycles. The number of benzene rings is 1. The van der Waals surface area contributed by atoms with Crippen molar-refractivity contribution in [2.24, 2.45) is 0 Å². The Hall–Kier alpha value is -2.07. The highest BCUT2D eigenvalue weighted by molar-refractivity contribution is 7.91. The van der Waals surface area contributed by atoms with Gasteiger partial charge in [0.05, 0.1) is 23.9 Å². The summed E-state index contributed by atoms with van der Waals surface area (Å²) in [6.45, 7) is 14.1. The average Bonchev–Trinajstić information content (AvgIpc) is 3.29. The summed E-state index contributed by atoms with van der Waals surface area (Å²) in [5.74, 6) is -2.45. The summed E-state index contributed by atoms with van der Waals surface area (Å²) < 4.78 is 37.2. The number of allylic oxidation sites excluding steroid dienone is 1. The van der Waals surface area contributed by atoms with Gasteiger partial charge in [-0.2, -0.15) is 0 Å². The number of Topliss-reactive ketones (excluding diaryl/α,β-unsaturated/α-hetero) is 2. The largest absolute Gasteiger partial charge is 0.506 e. The van der Waals surface area contributed by atoms with E-state index in [2.05, 4.69) is 25.7 Å². The Morgan fingerprint density at radius 2 is 1.57 bits per heavy atom. The van der Waals surface area contributed by atoms with Crippen molar-refractivity contribution in [2.45, 2.75) is 71.0 Å². The van der Waals surface area contributed by atoms with Crippen molar-refractivity contribution in [3.63, 3.8) is 0 Å². The second-order valence-electron chi connectivity index (χ2n) is 9.13. The van der Waals surface area contributed by atoms with Crippen LogP contribution in [0.15, 0.2) is 16.5 Å². The molecule has 194 valence electrons. The molecule has 0 aromatic heterocycles. The van der Waals surface area contributed by atoms with E-state index >= 15 is 0 Å². The van der Waals surface area contributed by atoms with Gasteiger partial charge in [0.2, 0.25) is 0 Å². The molecule has 1 saturated heterocycles. The molecule has 35 heavy (non-hydrogen) atoms. The van der Waals surface area contributed by atoms with Crippen LogP contribution >= 0.6 is 0 Å². The van der Waals surface area contributed by atoms with Gasteiger partial charge in [0, 0.05) is 30.4 Å². The van der Waals surface area contributed by atoms with Crippen LogP contribution in [-0.2, 0) is 34.7 Å². The van der Waals surface area contributed by atoms with Crippen molar-refractivity contribution in [3.8, 4) is 0 Å². The second kappa shape index (κ2) is 10.9. The van der Waals surface area contributed by atoms with Crippen molar-refractivity contribution < 1.29 is 32.6 Å². The standard InChI is InChI=1S/C20H22O7S.C6H15N/c1-11-10-13(18(23)16-14(21)4-3-5-15(16)22)12(2)17-19(11)28(24,25)9-6-20(17)26-7-8-27-20;1-4-7(5-2)6-3/h10,23H,3-9H2,1-2H3;4-6H2,1-3H3. The number of carbonyl (C=O) groups is 2. The second-order valence-corrected chi connectivity index (χ2v) is 11.2. The smallest absolute Gasteiger partial charge is 0.197 e. The molecule has 2 aliphatic heterocycles. The number of fused-ring (bicyclic) bond motifs is 2. The minimum atomic E-state index is -3.54. The zero-order valence-corrected chi connectivity index (χ0v) is 22.2. The van der Waals surface area contributed by atoms with E-state index in [-0.39, 0.29) is 52.6 Å². The van der Waals surface area contributed by atoms with Crippen molar-refractivity contribution in [1.82, 2.24) is 4.90 Å². The number of rotatable bonds is 4. The monoisotopic (exact) mass is 507 g/mol. The van der Waals surface area contributed by atoms with E-state index in [9.17, 15) is 23.1 Å². The summed E-state index contributed by atoms with van der Waals surface area (Å²) in [6.07, 6.45) is 1.04. The summed E-state index contributed by atoms with van der Waals surface area (Å²) in [4.78, 5) is 27.1. The van der Waals surface area contributed by atoms with E-state index in [1.807, 2.05) is 0 Å². The fourth-order valence-corrected chi connectivity index (χ4v) is 7.03. The van der Waals surface area contributed by atoms with E-state index in [1.54, 1.807) is 13.8 Å². The highest BCUT2D eigenvalue weighted by Gasteiger charge is 2.49.